The molecule has 0 amide bonds. The van der Waals surface area contributed by atoms with E-state index in [1.54, 1.807) is 14.1 Å². The number of hydrogen-bond acceptors (Lipinski definition) is 4. The first kappa shape index (κ1) is 13.3. The smallest absolute Gasteiger partial charge is 0.214 e. The summed E-state index contributed by atoms with van der Waals surface area (Å²) in [6.07, 6.45) is 0. The molecule has 0 bridgehead atoms. The van der Waals surface area contributed by atoms with E-state index in [0.717, 1.165) is 4.90 Å². The van der Waals surface area contributed by atoms with Gasteiger partial charge in [0.1, 0.15) is 0 Å². The van der Waals surface area contributed by atoms with Crippen LogP contribution in [0.3, 0.4) is 0 Å². The summed E-state index contributed by atoms with van der Waals surface area (Å²) in [5, 5.41) is 0. The van der Waals surface area contributed by atoms with E-state index in [2.05, 4.69) is 0 Å². The minimum absolute atomic E-state index is 0.148. The van der Waals surface area contributed by atoms with Gasteiger partial charge in [0.05, 0.1) is 5.75 Å². The summed E-state index contributed by atoms with van der Waals surface area (Å²) in [6.45, 7) is 0. The molecule has 0 radical (unpaired) electrons. The summed E-state index contributed by atoms with van der Waals surface area (Å²) >= 11 is 1.51. The van der Waals surface area contributed by atoms with E-state index in [1.165, 1.54) is 16.1 Å². The molecule has 6 heteroatoms. The molecule has 0 saturated heterocycles. The molecule has 1 aromatic rings. The zero-order valence-corrected chi connectivity index (χ0v) is 11.0. The number of nitrogen functional groups attached to an aromatic ring is 1. The molecule has 0 aliphatic carbocycles. The Morgan fingerprint density at radius 3 is 2.31 bits per heavy atom. The van der Waals surface area contributed by atoms with Crippen LogP contribution in [0.4, 0.5) is 5.69 Å². The molecule has 0 aliphatic rings. The fourth-order valence-corrected chi connectivity index (χ4v) is 3.12. The lowest BCUT2D eigenvalue weighted by Crippen LogP contribution is -2.26. The van der Waals surface area contributed by atoms with Gasteiger partial charge < -0.3 is 5.73 Å². The highest BCUT2D eigenvalue weighted by Crippen LogP contribution is 2.19. The quantitative estimate of drug-likeness (QED) is 0.639. The van der Waals surface area contributed by atoms with Crippen molar-refractivity contribution in [1.82, 2.24) is 4.31 Å². The van der Waals surface area contributed by atoms with Gasteiger partial charge in [-0.2, -0.15) is 0 Å². The zero-order chi connectivity index (χ0) is 12.2. The van der Waals surface area contributed by atoms with Gasteiger partial charge in [0.15, 0.2) is 0 Å². The van der Waals surface area contributed by atoms with Crippen LogP contribution in [0, 0.1) is 0 Å². The van der Waals surface area contributed by atoms with E-state index in [-0.39, 0.29) is 5.75 Å². The summed E-state index contributed by atoms with van der Waals surface area (Å²) in [6, 6.07) is 7.40. The van der Waals surface area contributed by atoms with Gasteiger partial charge in [-0.25, -0.2) is 12.7 Å². The van der Waals surface area contributed by atoms with Crippen molar-refractivity contribution in [2.75, 3.05) is 31.3 Å². The van der Waals surface area contributed by atoms with Crippen LogP contribution in [0.1, 0.15) is 0 Å². The van der Waals surface area contributed by atoms with Gasteiger partial charge >= 0.3 is 0 Å². The number of nitrogens with two attached hydrogens (primary N) is 1. The molecule has 1 rings (SSSR count). The lowest BCUT2D eigenvalue weighted by Gasteiger charge is -2.10. The molecule has 0 spiro atoms. The van der Waals surface area contributed by atoms with Crippen molar-refractivity contribution in [1.29, 1.82) is 0 Å². The number of rotatable bonds is 5. The van der Waals surface area contributed by atoms with Crippen LogP contribution in [0.15, 0.2) is 29.2 Å². The number of thioether (sulfide) groups is 1. The van der Waals surface area contributed by atoms with Crippen LogP contribution < -0.4 is 5.73 Å². The van der Waals surface area contributed by atoms with E-state index < -0.39 is 10.0 Å². The Hall–Kier alpha value is -0.720. The Morgan fingerprint density at radius 1 is 1.25 bits per heavy atom. The number of sulfonamides is 1. The molecule has 2 N–H and O–H groups in total. The molecular formula is C10H16N2O2S2. The van der Waals surface area contributed by atoms with E-state index in [0.29, 0.717) is 11.4 Å². The standard InChI is InChI=1S/C10H16N2O2S2/c1-12(2)16(13,14)8-7-15-10-5-3-9(11)4-6-10/h3-6H,7-8,11H2,1-2H3. The largest absolute Gasteiger partial charge is 0.399 e. The minimum Gasteiger partial charge on any atom is -0.399 e. The van der Waals surface area contributed by atoms with Gasteiger partial charge in [0.25, 0.3) is 0 Å². The van der Waals surface area contributed by atoms with Crippen molar-refractivity contribution in [3.8, 4) is 0 Å². The maximum absolute atomic E-state index is 11.5. The zero-order valence-electron chi connectivity index (χ0n) is 9.38. The van der Waals surface area contributed by atoms with Gasteiger partial charge in [0, 0.05) is 30.4 Å². The summed E-state index contributed by atoms with van der Waals surface area (Å²) in [7, 11) is 0.00101. The molecule has 0 saturated carbocycles. The summed E-state index contributed by atoms with van der Waals surface area (Å²) in [5.74, 6) is 0.694. The maximum Gasteiger partial charge on any atom is 0.214 e. The third-order valence-electron chi connectivity index (χ3n) is 2.05. The first-order valence-corrected chi connectivity index (χ1v) is 7.40. The van der Waals surface area contributed by atoms with Crippen LogP contribution in [0.25, 0.3) is 0 Å². The van der Waals surface area contributed by atoms with Gasteiger partial charge in [-0.15, -0.1) is 11.8 Å². The molecule has 0 unspecified atom stereocenters. The van der Waals surface area contributed by atoms with Crippen LogP contribution in [-0.4, -0.2) is 38.3 Å². The lowest BCUT2D eigenvalue weighted by atomic mass is 10.3. The van der Waals surface area contributed by atoms with Crippen molar-refractivity contribution in [2.45, 2.75) is 4.90 Å². The minimum atomic E-state index is -3.09. The van der Waals surface area contributed by atoms with Gasteiger partial charge in [0.2, 0.25) is 10.0 Å². The molecule has 0 heterocycles. The average molecular weight is 260 g/mol. The van der Waals surface area contributed by atoms with Crippen molar-refractivity contribution >= 4 is 27.5 Å². The lowest BCUT2D eigenvalue weighted by molar-refractivity contribution is 0.522. The summed E-state index contributed by atoms with van der Waals surface area (Å²) < 4.78 is 24.2. The molecule has 1 aromatic carbocycles. The predicted molar refractivity (Wildman–Crippen MR) is 69.1 cm³/mol. The second-order valence-corrected chi connectivity index (χ2v) is 6.99. The highest BCUT2D eigenvalue weighted by molar-refractivity contribution is 8.00. The third-order valence-corrected chi connectivity index (χ3v) is 5.15. The predicted octanol–water partition coefficient (Wildman–Crippen LogP) is 1.25. The van der Waals surface area contributed by atoms with Crippen LogP contribution in [0.2, 0.25) is 0 Å². The molecule has 0 fully saturated rings. The number of benzene rings is 1. The SMILES string of the molecule is CN(C)S(=O)(=O)CCSc1ccc(N)cc1. The van der Waals surface area contributed by atoms with Crippen LogP contribution >= 0.6 is 11.8 Å². The normalized spacial score (nSPS) is 11.9. The Balaban J connectivity index is 2.45. The number of anilines is 1. The molecule has 90 valence electrons. The second-order valence-electron chi connectivity index (χ2n) is 3.52. The van der Waals surface area contributed by atoms with Crippen molar-refractivity contribution in [3.63, 3.8) is 0 Å². The first-order chi connectivity index (χ1) is 7.42. The third kappa shape index (κ3) is 4.03. The van der Waals surface area contributed by atoms with Crippen molar-refractivity contribution in [2.24, 2.45) is 0 Å². The van der Waals surface area contributed by atoms with Crippen LogP contribution in [0.5, 0.6) is 0 Å². The first-order valence-electron chi connectivity index (χ1n) is 4.80. The Labute approximate surface area is 101 Å². The Morgan fingerprint density at radius 2 is 1.81 bits per heavy atom. The maximum atomic E-state index is 11.5. The highest BCUT2D eigenvalue weighted by Gasteiger charge is 2.12. The van der Waals surface area contributed by atoms with Crippen molar-refractivity contribution in [3.05, 3.63) is 24.3 Å². The molecule has 0 aromatic heterocycles. The second kappa shape index (κ2) is 5.56. The molecule has 16 heavy (non-hydrogen) atoms. The van der Waals surface area contributed by atoms with Gasteiger partial charge in [-0.05, 0) is 24.3 Å². The molecule has 0 atom stereocenters. The summed E-state index contributed by atoms with van der Waals surface area (Å²) in [5.41, 5.74) is 6.27. The Bertz CT molecular complexity index is 427. The monoisotopic (exact) mass is 260 g/mol. The van der Waals surface area contributed by atoms with Gasteiger partial charge in [-0.3, -0.25) is 0 Å². The fraction of sp³-hybridized carbons (Fsp3) is 0.400. The average Bonchev–Trinajstić information content (AvgIpc) is 2.20. The topological polar surface area (TPSA) is 63.4 Å². The fourth-order valence-electron chi connectivity index (χ4n) is 1.01. The van der Waals surface area contributed by atoms with E-state index in [1.807, 2.05) is 24.3 Å². The number of hydrogen-bond donors (Lipinski definition) is 1. The molecule has 4 nitrogen and oxygen atoms in total. The van der Waals surface area contributed by atoms with Crippen molar-refractivity contribution < 1.29 is 8.42 Å². The molecule has 0 aliphatic heterocycles. The summed E-state index contributed by atoms with van der Waals surface area (Å²) in [4.78, 5) is 1.03. The van der Waals surface area contributed by atoms with Crippen LogP contribution in [-0.2, 0) is 10.0 Å². The van der Waals surface area contributed by atoms with Gasteiger partial charge in [-0.1, -0.05) is 0 Å². The van der Waals surface area contributed by atoms with E-state index >= 15 is 0 Å². The van der Waals surface area contributed by atoms with E-state index in [9.17, 15) is 8.42 Å². The number of nitrogens with zero attached hydrogens (tertiary/aromatic N) is 1. The highest BCUT2D eigenvalue weighted by atomic mass is 32.2. The Kier molecular flexibility index (Phi) is 4.64. The molecular weight excluding hydrogens is 244 g/mol. The van der Waals surface area contributed by atoms with E-state index in [4.69, 9.17) is 5.73 Å².